The second-order valence-corrected chi connectivity index (χ2v) is 4.13. The van der Waals surface area contributed by atoms with Crippen molar-refractivity contribution < 1.29 is 0 Å². The van der Waals surface area contributed by atoms with Crippen LogP contribution in [0.25, 0.3) is 0 Å². The first-order valence-electron chi connectivity index (χ1n) is 4.16. The third-order valence-corrected chi connectivity index (χ3v) is 3.01. The van der Waals surface area contributed by atoms with Gasteiger partial charge in [-0.3, -0.25) is 9.78 Å². The Morgan fingerprint density at radius 1 is 1.38 bits per heavy atom. The second kappa shape index (κ2) is 4.54. The summed E-state index contributed by atoms with van der Waals surface area (Å²) in [4.78, 5) is 29.4. The summed E-state index contributed by atoms with van der Waals surface area (Å²) in [5, 5.41) is 7.89. The van der Waals surface area contributed by atoms with E-state index in [1.807, 2.05) is 4.98 Å². The fourth-order valence-electron chi connectivity index (χ4n) is 1.02. The Kier molecular flexibility index (Phi) is 3.11. The van der Waals surface area contributed by atoms with Crippen molar-refractivity contribution in [2.45, 2.75) is 10.9 Å². The minimum absolute atomic E-state index is 0.0217. The highest BCUT2D eigenvalue weighted by molar-refractivity contribution is 7.98. The molecule has 0 aromatic carbocycles. The molecule has 0 atom stereocenters. The van der Waals surface area contributed by atoms with Gasteiger partial charge in [0.1, 0.15) is 11.3 Å². The van der Waals surface area contributed by atoms with Crippen molar-refractivity contribution in [1.82, 2.24) is 25.1 Å². The van der Waals surface area contributed by atoms with Gasteiger partial charge in [-0.2, -0.15) is 0 Å². The van der Waals surface area contributed by atoms with E-state index in [1.165, 1.54) is 18.1 Å². The SMILES string of the molecule is O=c1[nH]c(CSc2nnc[nH]2)c(Cl)c(=O)[nH]1. The van der Waals surface area contributed by atoms with Crippen LogP contribution in [-0.4, -0.2) is 25.1 Å². The molecule has 9 heteroatoms. The smallest absolute Gasteiger partial charge is 0.323 e. The molecule has 2 heterocycles. The fraction of sp³-hybridized carbons (Fsp3) is 0.143. The van der Waals surface area contributed by atoms with Crippen molar-refractivity contribution >= 4 is 23.4 Å². The van der Waals surface area contributed by atoms with Gasteiger partial charge in [0.15, 0.2) is 5.16 Å². The summed E-state index contributed by atoms with van der Waals surface area (Å²) >= 11 is 7.01. The molecule has 16 heavy (non-hydrogen) atoms. The van der Waals surface area contributed by atoms with Gasteiger partial charge in [-0.25, -0.2) is 4.79 Å². The number of hydrogen-bond donors (Lipinski definition) is 3. The summed E-state index contributed by atoms with van der Waals surface area (Å²) in [6, 6.07) is 0. The average Bonchev–Trinajstić information content (AvgIpc) is 2.74. The van der Waals surface area contributed by atoms with E-state index < -0.39 is 11.2 Å². The van der Waals surface area contributed by atoms with Crippen LogP contribution in [0, 0.1) is 0 Å². The second-order valence-electron chi connectivity index (χ2n) is 2.78. The zero-order chi connectivity index (χ0) is 11.5. The van der Waals surface area contributed by atoms with Crippen LogP contribution in [0.2, 0.25) is 5.02 Å². The van der Waals surface area contributed by atoms with E-state index in [2.05, 4.69) is 20.2 Å². The molecule has 0 unspecified atom stereocenters. The predicted octanol–water partition coefficient (Wildman–Crippen LogP) is 0.127. The number of rotatable bonds is 3. The molecule has 0 amide bonds. The third kappa shape index (κ3) is 2.34. The Morgan fingerprint density at radius 2 is 2.19 bits per heavy atom. The summed E-state index contributed by atoms with van der Waals surface area (Å²) < 4.78 is 0. The summed E-state index contributed by atoms with van der Waals surface area (Å²) in [5.41, 5.74) is -0.821. The van der Waals surface area contributed by atoms with Crippen molar-refractivity contribution in [2.24, 2.45) is 0 Å². The van der Waals surface area contributed by atoms with Crippen molar-refractivity contribution in [3.05, 3.63) is 37.9 Å². The van der Waals surface area contributed by atoms with E-state index in [-0.39, 0.29) is 5.02 Å². The van der Waals surface area contributed by atoms with Crippen LogP contribution < -0.4 is 11.2 Å². The molecule has 2 aromatic heterocycles. The van der Waals surface area contributed by atoms with Crippen LogP contribution in [0.3, 0.4) is 0 Å². The number of halogens is 1. The van der Waals surface area contributed by atoms with Gasteiger partial charge in [-0.15, -0.1) is 10.2 Å². The van der Waals surface area contributed by atoms with Crippen molar-refractivity contribution in [1.29, 1.82) is 0 Å². The Balaban J connectivity index is 2.22. The molecule has 0 saturated heterocycles. The van der Waals surface area contributed by atoms with Crippen molar-refractivity contribution in [3.63, 3.8) is 0 Å². The lowest BCUT2D eigenvalue weighted by Crippen LogP contribution is -2.24. The Hall–Kier alpha value is -1.54. The highest BCUT2D eigenvalue weighted by Crippen LogP contribution is 2.19. The number of H-pyrrole nitrogens is 3. The number of aromatic nitrogens is 5. The lowest BCUT2D eigenvalue weighted by Gasteiger charge is -2.00. The van der Waals surface area contributed by atoms with Crippen molar-refractivity contribution in [3.8, 4) is 0 Å². The molecule has 2 aromatic rings. The molecular formula is C7H6ClN5O2S. The Bertz CT molecular complexity index is 590. The van der Waals surface area contributed by atoms with Gasteiger partial charge in [-0.05, 0) is 0 Å². The first kappa shape index (κ1) is 11.0. The van der Waals surface area contributed by atoms with Crippen molar-refractivity contribution in [2.75, 3.05) is 0 Å². The summed E-state index contributed by atoms with van der Waals surface area (Å²) in [6.45, 7) is 0. The van der Waals surface area contributed by atoms with Gasteiger partial charge in [0, 0.05) is 5.75 Å². The standard InChI is InChI=1S/C7H6ClN5O2S/c8-4-3(11-6(15)12-5(4)14)1-16-7-9-2-10-13-7/h2H,1H2,(H,9,10,13)(H2,11,12,14,15). The number of nitrogens with one attached hydrogen (secondary N) is 3. The lowest BCUT2D eigenvalue weighted by atomic mass is 10.4. The molecule has 84 valence electrons. The van der Waals surface area contributed by atoms with Crippen LogP contribution in [-0.2, 0) is 5.75 Å². The van der Waals surface area contributed by atoms with Gasteiger partial charge in [0.2, 0.25) is 0 Å². The number of hydrogen-bond acceptors (Lipinski definition) is 5. The molecule has 7 nitrogen and oxygen atoms in total. The van der Waals surface area contributed by atoms with Gasteiger partial charge in [0.25, 0.3) is 5.56 Å². The van der Waals surface area contributed by atoms with Gasteiger partial charge < -0.3 is 9.97 Å². The Morgan fingerprint density at radius 3 is 2.88 bits per heavy atom. The zero-order valence-electron chi connectivity index (χ0n) is 7.78. The van der Waals surface area contributed by atoms with Crippen LogP contribution in [0.5, 0.6) is 0 Å². The average molecular weight is 260 g/mol. The summed E-state index contributed by atoms with van der Waals surface area (Å²) in [5.74, 6) is 0.327. The number of nitrogens with zero attached hydrogens (tertiary/aromatic N) is 2. The molecule has 0 spiro atoms. The van der Waals surface area contributed by atoms with E-state index in [1.54, 1.807) is 0 Å². The summed E-state index contributed by atoms with van der Waals surface area (Å²) in [7, 11) is 0. The molecule has 0 fully saturated rings. The first-order chi connectivity index (χ1) is 7.66. The maximum Gasteiger partial charge on any atom is 0.326 e. The van der Waals surface area contributed by atoms with Gasteiger partial charge >= 0.3 is 5.69 Å². The van der Waals surface area contributed by atoms with Gasteiger partial charge in [0.05, 0.1) is 5.69 Å². The third-order valence-electron chi connectivity index (χ3n) is 1.70. The molecule has 0 aliphatic rings. The van der Waals surface area contributed by atoms with E-state index in [0.717, 1.165) is 0 Å². The van der Waals surface area contributed by atoms with Crippen LogP contribution in [0.15, 0.2) is 21.1 Å². The molecule has 0 bridgehead atoms. The molecule has 3 N–H and O–H groups in total. The lowest BCUT2D eigenvalue weighted by molar-refractivity contribution is 0.961. The number of thioether (sulfide) groups is 1. The number of aromatic amines is 3. The van der Waals surface area contributed by atoms with Crippen LogP contribution >= 0.6 is 23.4 Å². The normalized spacial score (nSPS) is 10.6. The fourth-order valence-corrected chi connectivity index (χ4v) is 2.00. The molecular weight excluding hydrogens is 254 g/mol. The molecule has 0 radical (unpaired) electrons. The van der Waals surface area contributed by atoms with Crippen LogP contribution in [0.4, 0.5) is 0 Å². The first-order valence-corrected chi connectivity index (χ1v) is 5.53. The molecule has 2 rings (SSSR count). The highest BCUT2D eigenvalue weighted by atomic mass is 35.5. The monoisotopic (exact) mass is 259 g/mol. The Labute approximate surface area is 97.7 Å². The molecule has 0 saturated carbocycles. The topological polar surface area (TPSA) is 107 Å². The van der Waals surface area contributed by atoms with Crippen LogP contribution in [0.1, 0.15) is 5.69 Å². The van der Waals surface area contributed by atoms with Gasteiger partial charge in [-0.1, -0.05) is 23.4 Å². The zero-order valence-corrected chi connectivity index (χ0v) is 9.35. The molecule has 0 aliphatic carbocycles. The minimum atomic E-state index is -0.599. The quantitative estimate of drug-likeness (QED) is 0.679. The van der Waals surface area contributed by atoms with E-state index in [9.17, 15) is 9.59 Å². The maximum atomic E-state index is 11.2. The minimum Gasteiger partial charge on any atom is -0.323 e. The largest absolute Gasteiger partial charge is 0.326 e. The van der Waals surface area contributed by atoms with E-state index in [4.69, 9.17) is 11.6 Å². The predicted molar refractivity (Wildman–Crippen MR) is 58.6 cm³/mol. The summed E-state index contributed by atoms with van der Waals surface area (Å²) in [6.07, 6.45) is 1.44. The molecule has 0 aliphatic heterocycles. The van der Waals surface area contributed by atoms with E-state index in [0.29, 0.717) is 16.6 Å². The highest BCUT2D eigenvalue weighted by Gasteiger charge is 2.08. The van der Waals surface area contributed by atoms with E-state index >= 15 is 0 Å². The maximum absolute atomic E-state index is 11.2.